The SMILES string of the molecule is Cc1ccc(-n2nnc(C(=O)Nc3ccc(F)c(F)c3)c2CSc2ncccn2)cc1Cl. The first kappa shape index (κ1) is 21.8. The van der Waals surface area contributed by atoms with Crippen LogP contribution in [0.2, 0.25) is 5.02 Å². The zero-order valence-corrected chi connectivity index (χ0v) is 18.2. The maximum Gasteiger partial charge on any atom is 0.278 e. The summed E-state index contributed by atoms with van der Waals surface area (Å²) >= 11 is 7.55. The number of anilines is 1. The van der Waals surface area contributed by atoms with Crippen LogP contribution in [0.3, 0.4) is 0 Å². The van der Waals surface area contributed by atoms with E-state index >= 15 is 0 Å². The van der Waals surface area contributed by atoms with Crippen LogP contribution in [0.1, 0.15) is 21.7 Å². The number of aryl methyl sites for hydroxylation is 1. The first-order valence-corrected chi connectivity index (χ1v) is 10.7. The lowest BCUT2D eigenvalue weighted by atomic mass is 10.2. The average Bonchev–Trinajstić information content (AvgIpc) is 3.21. The van der Waals surface area contributed by atoms with Gasteiger partial charge in [0.05, 0.1) is 11.4 Å². The van der Waals surface area contributed by atoms with Gasteiger partial charge in [-0.05, 0) is 42.8 Å². The third-order valence-corrected chi connectivity index (χ3v) is 5.73. The molecule has 1 amide bonds. The predicted octanol–water partition coefficient (Wildman–Crippen LogP) is 4.84. The summed E-state index contributed by atoms with van der Waals surface area (Å²) in [4.78, 5) is 21.2. The Morgan fingerprint density at radius 1 is 1.12 bits per heavy atom. The molecular formula is C21H15ClF2N6OS. The van der Waals surface area contributed by atoms with Crippen LogP contribution >= 0.6 is 23.4 Å². The Morgan fingerprint density at radius 3 is 2.62 bits per heavy atom. The number of carbonyl (C=O) groups excluding carboxylic acids is 1. The van der Waals surface area contributed by atoms with Gasteiger partial charge in [-0.25, -0.2) is 23.4 Å². The topological polar surface area (TPSA) is 85.6 Å². The second-order valence-electron chi connectivity index (χ2n) is 6.63. The highest BCUT2D eigenvalue weighted by molar-refractivity contribution is 7.98. The van der Waals surface area contributed by atoms with Crippen LogP contribution < -0.4 is 5.32 Å². The number of hydrogen-bond acceptors (Lipinski definition) is 6. The highest BCUT2D eigenvalue weighted by atomic mass is 35.5. The molecule has 0 aliphatic carbocycles. The van der Waals surface area contributed by atoms with Gasteiger partial charge in [-0.1, -0.05) is 34.6 Å². The molecule has 11 heteroatoms. The van der Waals surface area contributed by atoms with Crippen LogP contribution in [0, 0.1) is 18.6 Å². The Bertz CT molecular complexity index is 1280. The Kier molecular flexibility index (Phi) is 6.42. The van der Waals surface area contributed by atoms with Gasteiger partial charge in [-0.2, -0.15) is 0 Å². The van der Waals surface area contributed by atoms with Crippen molar-refractivity contribution < 1.29 is 13.6 Å². The van der Waals surface area contributed by atoms with Crippen molar-refractivity contribution in [3.8, 4) is 5.69 Å². The molecular weight excluding hydrogens is 458 g/mol. The van der Waals surface area contributed by atoms with Crippen LogP contribution in [-0.2, 0) is 5.75 Å². The van der Waals surface area contributed by atoms with Crippen LogP contribution in [-0.4, -0.2) is 30.9 Å². The second kappa shape index (κ2) is 9.41. The average molecular weight is 473 g/mol. The minimum atomic E-state index is -1.07. The first-order chi connectivity index (χ1) is 15.4. The molecule has 0 bridgehead atoms. The zero-order chi connectivity index (χ0) is 22.7. The molecule has 0 saturated heterocycles. The molecule has 7 nitrogen and oxygen atoms in total. The third-order valence-electron chi connectivity index (χ3n) is 4.44. The number of carbonyl (C=O) groups is 1. The van der Waals surface area contributed by atoms with E-state index in [2.05, 4.69) is 25.6 Å². The Balaban J connectivity index is 1.68. The van der Waals surface area contributed by atoms with Crippen molar-refractivity contribution in [1.82, 2.24) is 25.0 Å². The molecule has 2 aromatic heterocycles. The number of amides is 1. The lowest BCUT2D eigenvalue weighted by Crippen LogP contribution is -2.15. The lowest BCUT2D eigenvalue weighted by molar-refractivity contribution is 0.102. The number of halogens is 3. The van der Waals surface area contributed by atoms with Gasteiger partial charge in [-0.15, -0.1) is 5.10 Å². The minimum Gasteiger partial charge on any atom is -0.320 e. The van der Waals surface area contributed by atoms with Gasteiger partial charge < -0.3 is 5.32 Å². The van der Waals surface area contributed by atoms with Crippen LogP contribution in [0.25, 0.3) is 5.69 Å². The molecule has 0 aliphatic rings. The second-order valence-corrected chi connectivity index (χ2v) is 7.98. The monoisotopic (exact) mass is 472 g/mol. The third kappa shape index (κ3) is 4.76. The number of thioether (sulfide) groups is 1. The molecule has 1 N–H and O–H groups in total. The van der Waals surface area contributed by atoms with Crippen molar-refractivity contribution in [2.45, 2.75) is 17.8 Å². The normalized spacial score (nSPS) is 10.9. The summed E-state index contributed by atoms with van der Waals surface area (Å²) in [6.07, 6.45) is 3.22. The van der Waals surface area contributed by atoms with Crippen LogP contribution in [0.4, 0.5) is 14.5 Å². The van der Waals surface area contributed by atoms with E-state index in [1.54, 1.807) is 30.6 Å². The van der Waals surface area contributed by atoms with Crippen molar-refractivity contribution in [3.05, 3.63) is 88.5 Å². The summed E-state index contributed by atoms with van der Waals surface area (Å²) in [5.74, 6) is -2.43. The van der Waals surface area contributed by atoms with Gasteiger partial charge in [0.2, 0.25) is 0 Å². The van der Waals surface area contributed by atoms with Gasteiger partial charge in [0.25, 0.3) is 5.91 Å². The molecule has 0 fully saturated rings. The Labute approximate surface area is 190 Å². The number of benzene rings is 2. The van der Waals surface area contributed by atoms with Crippen LogP contribution in [0.15, 0.2) is 60.0 Å². The van der Waals surface area contributed by atoms with Crippen LogP contribution in [0.5, 0.6) is 0 Å². The molecule has 0 radical (unpaired) electrons. The van der Waals surface area contributed by atoms with Crippen molar-refractivity contribution in [1.29, 1.82) is 0 Å². The lowest BCUT2D eigenvalue weighted by Gasteiger charge is -2.09. The maximum absolute atomic E-state index is 13.5. The molecule has 4 aromatic rings. The zero-order valence-electron chi connectivity index (χ0n) is 16.6. The molecule has 162 valence electrons. The summed E-state index contributed by atoms with van der Waals surface area (Å²) in [6.45, 7) is 1.87. The van der Waals surface area contributed by atoms with Gasteiger partial charge >= 0.3 is 0 Å². The van der Waals surface area contributed by atoms with E-state index in [4.69, 9.17) is 11.6 Å². The molecule has 32 heavy (non-hydrogen) atoms. The fourth-order valence-electron chi connectivity index (χ4n) is 2.79. The van der Waals surface area contributed by atoms with Crippen molar-refractivity contribution in [2.75, 3.05) is 5.32 Å². The van der Waals surface area contributed by atoms with E-state index < -0.39 is 17.5 Å². The van der Waals surface area contributed by atoms with Crippen molar-refractivity contribution in [3.63, 3.8) is 0 Å². The fraction of sp³-hybridized carbons (Fsp3) is 0.0952. The Morgan fingerprint density at radius 2 is 1.91 bits per heavy atom. The number of hydrogen-bond donors (Lipinski definition) is 1. The highest BCUT2D eigenvalue weighted by Gasteiger charge is 2.22. The molecule has 4 rings (SSSR count). The van der Waals surface area contributed by atoms with Crippen molar-refractivity contribution >= 4 is 35.0 Å². The van der Waals surface area contributed by atoms with E-state index in [1.807, 2.05) is 13.0 Å². The quantitative estimate of drug-likeness (QED) is 0.319. The van der Waals surface area contributed by atoms with E-state index in [1.165, 1.54) is 22.5 Å². The molecule has 0 atom stereocenters. The molecule has 0 unspecified atom stereocenters. The smallest absolute Gasteiger partial charge is 0.278 e. The molecule has 2 aromatic carbocycles. The molecule has 0 saturated carbocycles. The number of nitrogens with zero attached hydrogens (tertiary/aromatic N) is 5. The summed E-state index contributed by atoms with van der Waals surface area (Å²) in [5, 5.41) is 11.7. The molecule has 0 aliphatic heterocycles. The summed E-state index contributed by atoms with van der Waals surface area (Å²) < 4.78 is 28.2. The van der Waals surface area contributed by atoms with Gasteiger partial charge in [-0.3, -0.25) is 4.79 Å². The predicted molar refractivity (Wildman–Crippen MR) is 117 cm³/mol. The van der Waals surface area contributed by atoms with E-state index in [9.17, 15) is 13.6 Å². The standard InChI is InChI=1S/C21H15ClF2N6OS/c1-12-3-5-14(10-15(12)22)30-18(11-32-21-25-7-2-8-26-21)19(28-29-30)20(31)27-13-4-6-16(23)17(24)9-13/h2-10H,11H2,1H3,(H,27,31). The summed E-state index contributed by atoms with van der Waals surface area (Å²) in [7, 11) is 0. The van der Waals surface area contributed by atoms with Crippen molar-refractivity contribution in [2.24, 2.45) is 0 Å². The number of nitrogens with one attached hydrogen (secondary N) is 1. The highest BCUT2D eigenvalue weighted by Crippen LogP contribution is 2.26. The largest absolute Gasteiger partial charge is 0.320 e. The maximum atomic E-state index is 13.5. The first-order valence-electron chi connectivity index (χ1n) is 9.29. The van der Waals surface area contributed by atoms with Gasteiger partial charge in [0.15, 0.2) is 22.5 Å². The van der Waals surface area contributed by atoms with Gasteiger partial charge in [0, 0.05) is 34.9 Å². The Hall–Kier alpha value is -3.37. The molecule has 0 spiro atoms. The summed E-state index contributed by atoms with van der Waals surface area (Å²) in [6, 6.07) is 10.1. The number of rotatable bonds is 6. The number of aromatic nitrogens is 5. The minimum absolute atomic E-state index is 0.0230. The van der Waals surface area contributed by atoms with E-state index in [0.717, 1.165) is 17.7 Å². The fourth-order valence-corrected chi connectivity index (χ4v) is 3.76. The van der Waals surface area contributed by atoms with E-state index in [-0.39, 0.29) is 17.1 Å². The van der Waals surface area contributed by atoms with E-state index in [0.29, 0.717) is 21.6 Å². The summed E-state index contributed by atoms with van der Waals surface area (Å²) in [5.41, 5.74) is 2.08. The van der Waals surface area contributed by atoms with Gasteiger partial charge in [0.1, 0.15) is 0 Å². The molecule has 2 heterocycles.